The quantitative estimate of drug-likeness (QED) is 0.446. The van der Waals surface area contributed by atoms with Crippen LogP contribution in [0.15, 0.2) is 78.9 Å². The third-order valence-electron chi connectivity index (χ3n) is 7.19. The number of para-hydroxylation sites is 2. The van der Waals surface area contributed by atoms with E-state index in [1.807, 2.05) is 36.4 Å². The number of aliphatic hydroxyl groups excluding tert-OH is 1. The SMILES string of the molecule is O=C(Nc1ccccc1OC1CCCC1)[C@H]1[C@@H](O)[C@H](c2cccc(F)c2)CN1C(=O)OCc1ccccc1. The number of halogens is 1. The number of hydrogen-bond acceptors (Lipinski definition) is 5. The van der Waals surface area contributed by atoms with Gasteiger partial charge in [-0.3, -0.25) is 9.69 Å². The van der Waals surface area contributed by atoms with E-state index in [0.717, 1.165) is 31.2 Å². The van der Waals surface area contributed by atoms with Crippen molar-refractivity contribution in [3.8, 4) is 5.75 Å². The summed E-state index contributed by atoms with van der Waals surface area (Å²) >= 11 is 0. The second-order valence-corrected chi connectivity index (χ2v) is 9.80. The lowest BCUT2D eigenvalue weighted by Gasteiger charge is -2.25. The number of amides is 2. The molecule has 1 heterocycles. The number of carbonyl (C=O) groups excluding carboxylic acids is 2. The summed E-state index contributed by atoms with van der Waals surface area (Å²) in [5.74, 6) is -1.16. The lowest BCUT2D eigenvalue weighted by atomic mass is 9.93. The maximum absolute atomic E-state index is 14.0. The molecule has 1 saturated carbocycles. The van der Waals surface area contributed by atoms with Crippen LogP contribution in [0, 0.1) is 5.82 Å². The first-order chi connectivity index (χ1) is 18.5. The van der Waals surface area contributed by atoms with Crippen molar-refractivity contribution in [1.29, 1.82) is 0 Å². The van der Waals surface area contributed by atoms with Gasteiger partial charge in [-0.25, -0.2) is 9.18 Å². The minimum Gasteiger partial charge on any atom is -0.488 e. The normalized spacial score (nSPS) is 21.3. The highest BCUT2D eigenvalue weighted by atomic mass is 19.1. The zero-order valence-corrected chi connectivity index (χ0v) is 21.0. The Morgan fingerprint density at radius 1 is 0.974 bits per heavy atom. The van der Waals surface area contributed by atoms with Gasteiger partial charge in [-0.15, -0.1) is 0 Å². The fraction of sp³-hybridized carbons (Fsp3) is 0.333. The molecule has 0 aromatic heterocycles. The third-order valence-corrected chi connectivity index (χ3v) is 7.19. The fourth-order valence-corrected chi connectivity index (χ4v) is 5.23. The van der Waals surface area contributed by atoms with Crippen LogP contribution in [0.5, 0.6) is 5.75 Å². The predicted octanol–water partition coefficient (Wildman–Crippen LogP) is 5.25. The van der Waals surface area contributed by atoms with Gasteiger partial charge in [-0.05, 0) is 61.1 Å². The molecule has 7 nitrogen and oxygen atoms in total. The lowest BCUT2D eigenvalue weighted by molar-refractivity contribution is -0.122. The minimum absolute atomic E-state index is 0.00342. The Hall–Kier alpha value is -3.91. The van der Waals surface area contributed by atoms with Gasteiger partial charge in [0.2, 0.25) is 5.91 Å². The summed E-state index contributed by atoms with van der Waals surface area (Å²) in [5.41, 5.74) is 1.75. The molecule has 1 saturated heterocycles. The molecule has 3 atom stereocenters. The van der Waals surface area contributed by atoms with Gasteiger partial charge < -0.3 is 19.9 Å². The van der Waals surface area contributed by atoms with Crippen molar-refractivity contribution < 1.29 is 28.6 Å². The second-order valence-electron chi connectivity index (χ2n) is 9.80. The molecule has 8 heteroatoms. The fourth-order valence-electron chi connectivity index (χ4n) is 5.23. The van der Waals surface area contributed by atoms with Crippen molar-refractivity contribution >= 4 is 17.7 Å². The van der Waals surface area contributed by atoms with Gasteiger partial charge in [-0.1, -0.05) is 54.6 Å². The third kappa shape index (κ3) is 5.81. The van der Waals surface area contributed by atoms with Gasteiger partial charge in [0.15, 0.2) is 0 Å². The number of carbonyl (C=O) groups is 2. The first-order valence-corrected chi connectivity index (χ1v) is 13.0. The van der Waals surface area contributed by atoms with Crippen molar-refractivity contribution in [3.63, 3.8) is 0 Å². The summed E-state index contributed by atoms with van der Waals surface area (Å²) in [6.07, 6.45) is 2.21. The molecule has 0 spiro atoms. The van der Waals surface area contributed by atoms with Crippen LogP contribution in [0.2, 0.25) is 0 Å². The average molecular weight is 519 g/mol. The largest absolute Gasteiger partial charge is 0.488 e. The van der Waals surface area contributed by atoms with Gasteiger partial charge in [0.1, 0.15) is 24.2 Å². The number of anilines is 1. The minimum atomic E-state index is -1.27. The average Bonchev–Trinajstić information content (AvgIpc) is 3.56. The monoisotopic (exact) mass is 518 g/mol. The number of hydrogen-bond donors (Lipinski definition) is 2. The van der Waals surface area contributed by atoms with E-state index in [1.54, 1.807) is 30.3 Å². The first kappa shape index (κ1) is 25.7. The lowest BCUT2D eigenvalue weighted by Crippen LogP contribution is -2.48. The predicted molar refractivity (Wildman–Crippen MR) is 140 cm³/mol. The van der Waals surface area contributed by atoms with Crippen LogP contribution < -0.4 is 10.1 Å². The molecule has 0 radical (unpaired) electrons. The van der Waals surface area contributed by atoms with E-state index >= 15 is 0 Å². The molecule has 2 N–H and O–H groups in total. The van der Waals surface area contributed by atoms with Gasteiger partial charge in [-0.2, -0.15) is 0 Å². The number of nitrogens with one attached hydrogen (secondary N) is 1. The maximum Gasteiger partial charge on any atom is 0.410 e. The molecular formula is C30H31FN2O5. The number of benzene rings is 3. The molecule has 2 aliphatic rings. The highest BCUT2D eigenvalue weighted by Gasteiger charge is 2.48. The Morgan fingerprint density at radius 2 is 1.71 bits per heavy atom. The van der Waals surface area contributed by atoms with E-state index < -0.39 is 35.9 Å². The molecule has 0 unspecified atom stereocenters. The van der Waals surface area contributed by atoms with E-state index in [1.165, 1.54) is 17.0 Å². The van der Waals surface area contributed by atoms with Gasteiger partial charge in [0, 0.05) is 12.5 Å². The van der Waals surface area contributed by atoms with Crippen molar-refractivity contribution in [2.24, 2.45) is 0 Å². The molecule has 1 aliphatic heterocycles. The van der Waals surface area contributed by atoms with Crippen molar-refractivity contribution in [2.45, 2.75) is 56.5 Å². The topological polar surface area (TPSA) is 88.1 Å². The number of ether oxygens (including phenoxy) is 2. The molecule has 1 aliphatic carbocycles. The smallest absolute Gasteiger partial charge is 0.410 e. The first-order valence-electron chi connectivity index (χ1n) is 13.0. The molecule has 3 aromatic carbocycles. The molecule has 0 bridgehead atoms. The summed E-state index contributed by atoms with van der Waals surface area (Å²) in [7, 11) is 0. The zero-order valence-electron chi connectivity index (χ0n) is 21.0. The van der Waals surface area contributed by atoms with Crippen molar-refractivity contribution in [2.75, 3.05) is 11.9 Å². The van der Waals surface area contributed by atoms with E-state index in [4.69, 9.17) is 9.47 Å². The molecule has 2 fully saturated rings. The Labute approximate surface area is 221 Å². The van der Waals surface area contributed by atoms with Crippen LogP contribution in [-0.4, -0.2) is 46.8 Å². The van der Waals surface area contributed by atoms with Crippen LogP contribution in [0.4, 0.5) is 14.9 Å². The van der Waals surface area contributed by atoms with E-state index in [9.17, 15) is 19.1 Å². The number of nitrogens with zero attached hydrogens (tertiary/aromatic N) is 1. The second kappa shape index (κ2) is 11.6. The highest BCUT2D eigenvalue weighted by Crippen LogP contribution is 2.35. The van der Waals surface area contributed by atoms with E-state index in [-0.39, 0.29) is 19.3 Å². The van der Waals surface area contributed by atoms with E-state index in [0.29, 0.717) is 17.0 Å². The van der Waals surface area contributed by atoms with E-state index in [2.05, 4.69) is 5.32 Å². The zero-order chi connectivity index (χ0) is 26.5. The van der Waals surface area contributed by atoms with Crippen LogP contribution >= 0.6 is 0 Å². The number of likely N-dealkylation sites (tertiary alicyclic amines) is 1. The standard InChI is InChI=1S/C30H31FN2O5/c31-22-12-8-11-21(17-22)24-18-33(30(36)37-19-20-9-2-1-3-10-20)27(28(24)34)29(35)32-25-15-6-7-16-26(25)38-23-13-4-5-14-23/h1-3,6-12,15-17,23-24,27-28,34H,4-5,13-14,18-19H2,(H,32,35)/t24-,27+,28-/m0/s1. The molecule has 198 valence electrons. The highest BCUT2D eigenvalue weighted by molar-refractivity contribution is 5.98. The van der Waals surface area contributed by atoms with Crippen LogP contribution in [0.1, 0.15) is 42.7 Å². The van der Waals surface area contributed by atoms with Crippen LogP contribution in [0.3, 0.4) is 0 Å². The molecule has 5 rings (SSSR count). The summed E-state index contributed by atoms with van der Waals surface area (Å²) in [4.78, 5) is 28.0. The van der Waals surface area contributed by atoms with Crippen molar-refractivity contribution in [1.82, 2.24) is 4.90 Å². The van der Waals surface area contributed by atoms with Crippen molar-refractivity contribution in [3.05, 3.63) is 95.8 Å². The summed E-state index contributed by atoms with van der Waals surface area (Å²) in [6, 6.07) is 20.9. The summed E-state index contributed by atoms with van der Waals surface area (Å²) in [5, 5.41) is 14.1. The van der Waals surface area contributed by atoms with Gasteiger partial charge >= 0.3 is 6.09 Å². The Kier molecular flexibility index (Phi) is 7.89. The Morgan fingerprint density at radius 3 is 2.47 bits per heavy atom. The van der Waals surface area contributed by atoms with Gasteiger partial charge in [0.05, 0.1) is 17.9 Å². The molecule has 3 aromatic rings. The van der Waals surface area contributed by atoms with Crippen LogP contribution in [-0.2, 0) is 16.1 Å². The molecule has 2 amide bonds. The Bertz CT molecular complexity index is 1260. The van der Waals surface area contributed by atoms with Crippen LogP contribution in [0.25, 0.3) is 0 Å². The Balaban J connectivity index is 1.37. The maximum atomic E-state index is 14.0. The summed E-state index contributed by atoms with van der Waals surface area (Å²) < 4.78 is 25.6. The summed E-state index contributed by atoms with van der Waals surface area (Å²) in [6.45, 7) is 0.0137. The number of aliphatic hydroxyl groups is 1. The van der Waals surface area contributed by atoms with Gasteiger partial charge in [0.25, 0.3) is 0 Å². The number of rotatable bonds is 7. The molecular weight excluding hydrogens is 487 g/mol. The molecule has 38 heavy (non-hydrogen) atoms.